The minimum atomic E-state index is -0.0719. The summed E-state index contributed by atoms with van der Waals surface area (Å²) >= 11 is 0. The van der Waals surface area contributed by atoms with Crippen LogP contribution in [0.25, 0.3) is 11.0 Å². The van der Waals surface area contributed by atoms with Crippen LogP contribution in [0.2, 0.25) is 0 Å². The number of amides is 1. The van der Waals surface area contributed by atoms with E-state index in [0.717, 1.165) is 16.6 Å². The summed E-state index contributed by atoms with van der Waals surface area (Å²) in [7, 11) is 0. The second-order valence-electron chi connectivity index (χ2n) is 5.27. The van der Waals surface area contributed by atoms with Gasteiger partial charge < -0.3 is 15.2 Å². The van der Waals surface area contributed by atoms with Gasteiger partial charge in [-0.05, 0) is 30.7 Å². The van der Waals surface area contributed by atoms with Gasteiger partial charge in [-0.1, -0.05) is 17.3 Å². The second kappa shape index (κ2) is 6.91. The Morgan fingerprint density at radius 1 is 1.22 bits per heavy atom. The lowest BCUT2D eigenvalue weighted by Gasteiger charge is -2.09. The third-order valence-corrected chi connectivity index (χ3v) is 3.56. The fourth-order valence-corrected chi connectivity index (χ4v) is 2.35. The molecule has 0 aliphatic heterocycles. The molecular weight excluding hydrogens is 292 g/mol. The average Bonchev–Trinajstić information content (AvgIpc) is 2.96. The first-order valence-corrected chi connectivity index (χ1v) is 7.48. The molecule has 1 aromatic carbocycles. The molecule has 0 radical (unpaired) electrons. The Labute approximate surface area is 133 Å². The Hall–Kier alpha value is -2.89. The third-order valence-electron chi connectivity index (χ3n) is 3.56. The van der Waals surface area contributed by atoms with Crippen LogP contribution in [0.3, 0.4) is 0 Å². The number of nitrogens with one attached hydrogen (secondary N) is 2. The highest BCUT2D eigenvalue weighted by atomic mass is 16.5. The zero-order chi connectivity index (χ0) is 16.1. The number of aromatic nitrogens is 2. The van der Waals surface area contributed by atoms with Crippen LogP contribution >= 0.6 is 0 Å². The van der Waals surface area contributed by atoms with Crippen LogP contribution in [0.15, 0.2) is 47.2 Å². The van der Waals surface area contributed by atoms with Gasteiger partial charge in [0, 0.05) is 36.6 Å². The van der Waals surface area contributed by atoms with E-state index in [-0.39, 0.29) is 12.3 Å². The SMILES string of the molecule is Cc1cnccc1NCCNC(=O)Cc1noc2ccccc12. The summed E-state index contributed by atoms with van der Waals surface area (Å²) in [5.41, 5.74) is 3.46. The normalized spacial score (nSPS) is 10.7. The van der Waals surface area contributed by atoms with E-state index in [1.54, 1.807) is 12.4 Å². The van der Waals surface area contributed by atoms with Crippen molar-refractivity contribution in [3.05, 3.63) is 54.0 Å². The van der Waals surface area contributed by atoms with Crippen molar-refractivity contribution in [2.75, 3.05) is 18.4 Å². The molecule has 6 nitrogen and oxygen atoms in total. The van der Waals surface area contributed by atoms with Crippen molar-refractivity contribution < 1.29 is 9.32 Å². The predicted octanol–water partition coefficient (Wildman–Crippen LogP) is 2.30. The molecule has 2 N–H and O–H groups in total. The Kier molecular flexibility index (Phi) is 4.52. The molecule has 0 fully saturated rings. The number of aryl methyl sites for hydroxylation is 1. The van der Waals surface area contributed by atoms with Crippen molar-refractivity contribution in [1.29, 1.82) is 0 Å². The summed E-state index contributed by atoms with van der Waals surface area (Å²) in [5, 5.41) is 11.0. The first kappa shape index (κ1) is 15.0. The number of hydrogen-bond acceptors (Lipinski definition) is 5. The number of hydrogen-bond donors (Lipinski definition) is 2. The molecule has 2 heterocycles. The minimum Gasteiger partial charge on any atom is -0.383 e. The van der Waals surface area contributed by atoms with Crippen LogP contribution in [0.5, 0.6) is 0 Å². The Morgan fingerprint density at radius 2 is 2.09 bits per heavy atom. The molecule has 23 heavy (non-hydrogen) atoms. The van der Waals surface area contributed by atoms with Crippen molar-refractivity contribution in [2.24, 2.45) is 0 Å². The summed E-state index contributed by atoms with van der Waals surface area (Å²) in [5.74, 6) is -0.0719. The van der Waals surface area contributed by atoms with Gasteiger partial charge in [0.25, 0.3) is 0 Å². The monoisotopic (exact) mass is 310 g/mol. The van der Waals surface area contributed by atoms with Crippen molar-refractivity contribution in [3.63, 3.8) is 0 Å². The number of pyridine rings is 1. The summed E-state index contributed by atoms with van der Waals surface area (Å²) in [6, 6.07) is 9.44. The molecule has 2 aromatic heterocycles. The first-order chi connectivity index (χ1) is 11.2. The minimum absolute atomic E-state index is 0.0719. The van der Waals surface area contributed by atoms with E-state index in [4.69, 9.17) is 4.52 Å². The summed E-state index contributed by atoms with van der Waals surface area (Å²) < 4.78 is 5.20. The Bertz CT molecular complexity index is 813. The number of nitrogens with zero attached hydrogens (tertiary/aromatic N) is 2. The van der Waals surface area contributed by atoms with Gasteiger partial charge in [-0.2, -0.15) is 0 Å². The maximum atomic E-state index is 12.0. The molecule has 6 heteroatoms. The molecule has 3 aromatic rings. The summed E-state index contributed by atoms with van der Waals surface area (Å²) in [6.07, 6.45) is 3.76. The second-order valence-corrected chi connectivity index (χ2v) is 5.27. The molecule has 0 spiro atoms. The topological polar surface area (TPSA) is 80.0 Å². The van der Waals surface area contributed by atoms with Crippen molar-refractivity contribution >= 4 is 22.6 Å². The largest absolute Gasteiger partial charge is 0.383 e. The number of anilines is 1. The highest BCUT2D eigenvalue weighted by molar-refractivity contribution is 5.86. The zero-order valence-electron chi connectivity index (χ0n) is 12.9. The fraction of sp³-hybridized carbons (Fsp3) is 0.235. The number of benzene rings is 1. The molecular formula is C17H18N4O2. The first-order valence-electron chi connectivity index (χ1n) is 7.48. The van der Waals surface area contributed by atoms with Gasteiger partial charge in [0.05, 0.1) is 6.42 Å². The van der Waals surface area contributed by atoms with Crippen molar-refractivity contribution in [3.8, 4) is 0 Å². The van der Waals surface area contributed by atoms with Gasteiger partial charge >= 0.3 is 0 Å². The third kappa shape index (κ3) is 3.66. The quantitative estimate of drug-likeness (QED) is 0.683. The van der Waals surface area contributed by atoms with Gasteiger partial charge in [0.2, 0.25) is 5.91 Å². The predicted molar refractivity (Wildman–Crippen MR) is 88.2 cm³/mol. The number of carbonyl (C=O) groups excluding carboxylic acids is 1. The van der Waals surface area contributed by atoms with Gasteiger partial charge in [-0.3, -0.25) is 9.78 Å². The van der Waals surface area contributed by atoms with Crippen molar-refractivity contribution in [1.82, 2.24) is 15.5 Å². The Balaban J connectivity index is 1.48. The number of para-hydroxylation sites is 1. The van der Waals surface area contributed by atoms with Crippen LogP contribution in [0, 0.1) is 6.92 Å². The number of carbonyl (C=O) groups is 1. The highest BCUT2D eigenvalue weighted by Crippen LogP contribution is 2.17. The zero-order valence-corrected chi connectivity index (χ0v) is 12.9. The maximum Gasteiger partial charge on any atom is 0.226 e. The molecule has 0 aliphatic rings. The van der Waals surface area contributed by atoms with E-state index in [1.165, 1.54) is 0 Å². The molecule has 0 saturated carbocycles. The molecule has 0 unspecified atom stereocenters. The van der Waals surface area contributed by atoms with Crippen LogP contribution in [0.1, 0.15) is 11.3 Å². The lowest BCUT2D eigenvalue weighted by Crippen LogP contribution is -2.30. The smallest absolute Gasteiger partial charge is 0.226 e. The van der Waals surface area contributed by atoms with Crippen LogP contribution < -0.4 is 10.6 Å². The summed E-state index contributed by atoms with van der Waals surface area (Å²) in [6.45, 7) is 3.18. The van der Waals surface area contributed by atoms with E-state index >= 15 is 0 Å². The standard InChI is InChI=1S/C17H18N4O2/c1-12-11-18-7-6-14(12)19-8-9-20-17(22)10-15-13-4-2-3-5-16(13)23-21-15/h2-7,11H,8-10H2,1H3,(H,18,19)(H,20,22). The van der Waals surface area contributed by atoms with E-state index in [0.29, 0.717) is 24.4 Å². The molecule has 0 atom stereocenters. The fourth-order valence-electron chi connectivity index (χ4n) is 2.35. The van der Waals surface area contributed by atoms with E-state index < -0.39 is 0 Å². The lowest BCUT2D eigenvalue weighted by atomic mass is 10.1. The molecule has 1 amide bonds. The van der Waals surface area contributed by atoms with Gasteiger partial charge in [0.15, 0.2) is 5.58 Å². The molecule has 118 valence electrons. The van der Waals surface area contributed by atoms with E-state index in [2.05, 4.69) is 20.8 Å². The van der Waals surface area contributed by atoms with Gasteiger partial charge in [0.1, 0.15) is 5.69 Å². The lowest BCUT2D eigenvalue weighted by molar-refractivity contribution is -0.120. The molecule has 0 aliphatic carbocycles. The average molecular weight is 310 g/mol. The number of rotatable bonds is 6. The Morgan fingerprint density at radius 3 is 2.96 bits per heavy atom. The van der Waals surface area contributed by atoms with Gasteiger partial charge in [-0.15, -0.1) is 0 Å². The van der Waals surface area contributed by atoms with Crippen LogP contribution in [-0.2, 0) is 11.2 Å². The molecule has 0 saturated heterocycles. The maximum absolute atomic E-state index is 12.0. The van der Waals surface area contributed by atoms with Crippen molar-refractivity contribution in [2.45, 2.75) is 13.3 Å². The van der Waals surface area contributed by atoms with Crippen LogP contribution in [-0.4, -0.2) is 29.1 Å². The summed E-state index contributed by atoms with van der Waals surface area (Å²) in [4.78, 5) is 16.0. The van der Waals surface area contributed by atoms with Gasteiger partial charge in [-0.25, -0.2) is 0 Å². The number of fused-ring (bicyclic) bond motifs is 1. The van der Waals surface area contributed by atoms with E-state index in [1.807, 2.05) is 37.3 Å². The molecule has 3 rings (SSSR count). The van der Waals surface area contributed by atoms with E-state index in [9.17, 15) is 4.79 Å². The van der Waals surface area contributed by atoms with Crippen LogP contribution in [0.4, 0.5) is 5.69 Å². The highest BCUT2D eigenvalue weighted by Gasteiger charge is 2.11. The molecule has 0 bridgehead atoms.